The summed E-state index contributed by atoms with van der Waals surface area (Å²) in [6.45, 7) is 4.04. The lowest BCUT2D eigenvalue weighted by Crippen LogP contribution is -2.51. The van der Waals surface area contributed by atoms with Crippen LogP contribution >= 0.6 is 23.4 Å². The van der Waals surface area contributed by atoms with Crippen molar-refractivity contribution < 1.29 is 22.7 Å². The number of hydrogen-bond acceptors (Lipinski definition) is 8. The van der Waals surface area contributed by atoms with Gasteiger partial charge >= 0.3 is 5.97 Å². The van der Waals surface area contributed by atoms with Crippen molar-refractivity contribution in [1.82, 2.24) is 19.2 Å². The molecule has 9 nitrogen and oxygen atoms in total. The first-order valence-electron chi connectivity index (χ1n) is 9.79. The van der Waals surface area contributed by atoms with Crippen molar-refractivity contribution >= 4 is 45.3 Å². The van der Waals surface area contributed by atoms with Gasteiger partial charge in [0.25, 0.3) is 5.91 Å². The van der Waals surface area contributed by atoms with Crippen LogP contribution in [-0.4, -0.2) is 78.0 Å². The predicted octanol–water partition coefficient (Wildman–Crippen LogP) is 1.92. The van der Waals surface area contributed by atoms with E-state index in [0.29, 0.717) is 10.2 Å². The molecule has 1 aliphatic rings. The van der Waals surface area contributed by atoms with E-state index >= 15 is 0 Å². The van der Waals surface area contributed by atoms with Crippen molar-refractivity contribution in [3.63, 3.8) is 0 Å². The van der Waals surface area contributed by atoms with Crippen LogP contribution in [0.1, 0.15) is 11.4 Å². The fourth-order valence-corrected chi connectivity index (χ4v) is 5.39. The van der Waals surface area contributed by atoms with Crippen LogP contribution in [0.3, 0.4) is 0 Å². The second-order valence-electron chi connectivity index (χ2n) is 7.12. The number of nitrogens with zero attached hydrogens (tertiary/aromatic N) is 4. The van der Waals surface area contributed by atoms with Crippen molar-refractivity contribution in [1.29, 1.82) is 0 Å². The normalized spacial score (nSPS) is 14.9. The number of thioether (sulfide) groups is 1. The predicted molar refractivity (Wildman–Crippen MR) is 120 cm³/mol. The molecule has 0 saturated carbocycles. The zero-order valence-corrected chi connectivity index (χ0v) is 20.0. The highest BCUT2D eigenvalue weighted by molar-refractivity contribution is 7.99. The number of rotatable bonds is 7. The van der Waals surface area contributed by atoms with Crippen LogP contribution in [0.5, 0.6) is 0 Å². The fourth-order valence-electron chi connectivity index (χ4n) is 3.09. The van der Waals surface area contributed by atoms with Gasteiger partial charge in [-0.2, -0.15) is 4.31 Å². The summed E-state index contributed by atoms with van der Waals surface area (Å²) >= 11 is 6.96. The second kappa shape index (κ2) is 10.6. The number of carbonyl (C=O) groups is 2. The molecule has 0 bridgehead atoms. The molecule has 1 aliphatic heterocycles. The zero-order valence-electron chi connectivity index (χ0n) is 17.7. The molecule has 1 saturated heterocycles. The Morgan fingerprint density at radius 3 is 2.25 bits per heavy atom. The van der Waals surface area contributed by atoms with E-state index in [4.69, 9.17) is 16.3 Å². The van der Waals surface area contributed by atoms with Crippen molar-refractivity contribution in [2.75, 3.05) is 38.5 Å². The maximum Gasteiger partial charge on any atom is 0.316 e. The Kier molecular flexibility index (Phi) is 8.10. The molecule has 12 heteroatoms. The molecule has 172 valence electrons. The highest BCUT2D eigenvalue weighted by Crippen LogP contribution is 2.20. The third kappa shape index (κ3) is 6.41. The van der Waals surface area contributed by atoms with Crippen molar-refractivity contribution in [2.24, 2.45) is 0 Å². The van der Waals surface area contributed by atoms with Crippen LogP contribution in [0.25, 0.3) is 0 Å². The summed E-state index contributed by atoms with van der Waals surface area (Å²) in [5.74, 6) is -0.923. The molecular weight excluding hydrogens is 476 g/mol. The molecule has 0 unspecified atom stereocenters. The molecule has 1 fully saturated rings. The van der Waals surface area contributed by atoms with Crippen LogP contribution in [0, 0.1) is 13.8 Å². The minimum absolute atomic E-state index is 0.0106. The molecule has 0 spiro atoms. The van der Waals surface area contributed by atoms with Crippen LogP contribution in [0.4, 0.5) is 0 Å². The van der Waals surface area contributed by atoms with Gasteiger partial charge in [0.1, 0.15) is 0 Å². The van der Waals surface area contributed by atoms with Gasteiger partial charge in [0, 0.05) is 42.6 Å². The molecule has 3 rings (SSSR count). The third-order valence-corrected chi connectivity index (χ3v) is 7.67. The summed E-state index contributed by atoms with van der Waals surface area (Å²) in [6, 6.07) is 7.78. The van der Waals surface area contributed by atoms with E-state index in [-0.39, 0.29) is 42.7 Å². The quantitative estimate of drug-likeness (QED) is 0.323. The van der Waals surface area contributed by atoms with Gasteiger partial charge in [0.05, 0.1) is 10.6 Å². The average molecular weight is 499 g/mol. The number of piperazine rings is 1. The van der Waals surface area contributed by atoms with E-state index < -0.39 is 22.6 Å². The second-order valence-corrected chi connectivity index (χ2v) is 10.4. The van der Waals surface area contributed by atoms with Crippen molar-refractivity contribution in [3.05, 3.63) is 46.7 Å². The van der Waals surface area contributed by atoms with E-state index in [1.807, 2.05) is 19.9 Å². The summed E-state index contributed by atoms with van der Waals surface area (Å²) in [6.07, 6.45) is 0. The molecule has 2 heterocycles. The SMILES string of the molecule is Cc1cc(C)nc(SCC(=O)OCC(=O)N2CCN(S(=O)(=O)c3ccc(Cl)cc3)CC2)n1. The Bertz CT molecular complexity index is 1070. The number of aryl methyl sites for hydroxylation is 2. The lowest BCUT2D eigenvalue weighted by atomic mass is 10.3. The van der Waals surface area contributed by atoms with Crippen molar-refractivity contribution in [2.45, 2.75) is 23.9 Å². The van der Waals surface area contributed by atoms with Crippen molar-refractivity contribution in [3.8, 4) is 0 Å². The Balaban J connectivity index is 1.44. The molecule has 0 radical (unpaired) electrons. The number of amides is 1. The Labute approximate surface area is 196 Å². The van der Waals surface area contributed by atoms with Gasteiger partial charge in [-0.25, -0.2) is 18.4 Å². The monoisotopic (exact) mass is 498 g/mol. The largest absolute Gasteiger partial charge is 0.455 e. The maximum absolute atomic E-state index is 12.7. The zero-order chi connectivity index (χ0) is 23.3. The van der Waals surface area contributed by atoms with Gasteiger partial charge in [0.15, 0.2) is 11.8 Å². The van der Waals surface area contributed by atoms with E-state index in [9.17, 15) is 18.0 Å². The third-order valence-electron chi connectivity index (χ3n) is 4.68. The van der Waals surface area contributed by atoms with E-state index in [1.165, 1.54) is 33.5 Å². The number of ether oxygens (including phenoxy) is 1. The molecular formula is C20H23ClN4O5S2. The summed E-state index contributed by atoms with van der Waals surface area (Å²) in [5, 5.41) is 0.928. The van der Waals surface area contributed by atoms with E-state index in [1.54, 1.807) is 0 Å². The molecule has 1 aromatic heterocycles. The van der Waals surface area contributed by atoms with Crippen LogP contribution in [-0.2, 0) is 24.3 Å². The lowest BCUT2D eigenvalue weighted by molar-refractivity contribution is -0.150. The minimum atomic E-state index is -3.66. The highest BCUT2D eigenvalue weighted by atomic mass is 35.5. The lowest BCUT2D eigenvalue weighted by Gasteiger charge is -2.33. The minimum Gasteiger partial charge on any atom is -0.455 e. The van der Waals surface area contributed by atoms with Crippen LogP contribution in [0.15, 0.2) is 40.4 Å². The van der Waals surface area contributed by atoms with Gasteiger partial charge in [-0.3, -0.25) is 9.59 Å². The molecule has 2 aromatic rings. The molecule has 1 aromatic carbocycles. The number of esters is 1. The van der Waals surface area contributed by atoms with E-state index in [0.717, 1.165) is 23.1 Å². The van der Waals surface area contributed by atoms with Crippen LogP contribution in [0.2, 0.25) is 5.02 Å². The molecule has 1 amide bonds. The Morgan fingerprint density at radius 2 is 1.66 bits per heavy atom. The topological polar surface area (TPSA) is 110 Å². The highest BCUT2D eigenvalue weighted by Gasteiger charge is 2.30. The Hall–Kier alpha value is -2.21. The van der Waals surface area contributed by atoms with Gasteiger partial charge in [-0.05, 0) is 44.2 Å². The Morgan fingerprint density at radius 1 is 1.06 bits per heavy atom. The number of sulfonamides is 1. The maximum atomic E-state index is 12.7. The number of benzene rings is 1. The first-order valence-corrected chi connectivity index (χ1v) is 12.6. The first-order chi connectivity index (χ1) is 15.1. The smallest absolute Gasteiger partial charge is 0.316 e. The number of halogens is 1. The number of aromatic nitrogens is 2. The summed E-state index contributed by atoms with van der Waals surface area (Å²) in [7, 11) is -3.66. The molecule has 0 aliphatic carbocycles. The van der Waals surface area contributed by atoms with Crippen LogP contribution < -0.4 is 0 Å². The molecule has 32 heavy (non-hydrogen) atoms. The average Bonchev–Trinajstić information content (AvgIpc) is 2.76. The summed E-state index contributed by atoms with van der Waals surface area (Å²) < 4.78 is 31.8. The fraction of sp³-hybridized carbons (Fsp3) is 0.400. The number of carbonyl (C=O) groups excluding carboxylic acids is 2. The summed E-state index contributed by atoms with van der Waals surface area (Å²) in [4.78, 5) is 34.4. The van der Waals surface area contributed by atoms with E-state index in [2.05, 4.69) is 9.97 Å². The van der Waals surface area contributed by atoms with Gasteiger partial charge in [-0.1, -0.05) is 23.4 Å². The molecule has 0 N–H and O–H groups in total. The van der Waals surface area contributed by atoms with Gasteiger partial charge in [-0.15, -0.1) is 0 Å². The summed E-state index contributed by atoms with van der Waals surface area (Å²) in [5.41, 5.74) is 1.61. The van der Waals surface area contributed by atoms with Gasteiger partial charge in [0.2, 0.25) is 10.0 Å². The van der Waals surface area contributed by atoms with Gasteiger partial charge < -0.3 is 9.64 Å². The standard InChI is InChI=1S/C20H23ClN4O5S2/c1-14-11-15(2)23-20(22-14)31-13-19(27)30-12-18(26)24-7-9-25(10-8-24)32(28,29)17-5-3-16(21)4-6-17/h3-6,11H,7-10,12-13H2,1-2H3. The molecule has 0 atom stereocenters. The number of hydrogen-bond donors (Lipinski definition) is 0. The first kappa shape index (κ1) is 24.4.